The van der Waals surface area contributed by atoms with E-state index in [4.69, 9.17) is 9.15 Å². The Morgan fingerprint density at radius 2 is 1.81 bits per heavy atom. The molecule has 1 fully saturated rings. The molecule has 3 aliphatic rings. The first-order chi connectivity index (χ1) is 17.4. The molecule has 4 heterocycles. The van der Waals surface area contributed by atoms with Crippen LogP contribution < -0.4 is 4.90 Å². The average Bonchev–Trinajstić information content (AvgIpc) is 3.50. The molecule has 0 aliphatic carbocycles. The zero-order valence-corrected chi connectivity index (χ0v) is 20.7. The zero-order chi connectivity index (χ0) is 25.4. The van der Waals surface area contributed by atoms with E-state index < -0.39 is 28.9 Å². The summed E-state index contributed by atoms with van der Waals surface area (Å²) >= 11 is 0. The van der Waals surface area contributed by atoms with Gasteiger partial charge in [0.1, 0.15) is 5.76 Å². The summed E-state index contributed by atoms with van der Waals surface area (Å²) in [7, 11) is 0. The summed E-state index contributed by atoms with van der Waals surface area (Å²) in [4.78, 5) is 47.0. The van der Waals surface area contributed by atoms with Crippen LogP contribution in [0.3, 0.4) is 0 Å². The highest BCUT2D eigenvalue weighted by atomic mass is 16.5. The first-order valence-electron chi connectivity index (χ1n) is 12.5. The molecule has 1 unspecified atom stereocenters. The second kappa shape index (κ2) is 9.55. The standard InChI is InChI=1S/C27H31N3O6/c1-3-4-11-29-20-8-6-5-7-19(20)27(26(29)34)22(23(31)21-10-9-18(2)36-21)24(32)25(33)30(27)13-12-28-14-16-35-17-15-28/h5-10,32H,3-4,11-17H2,1-2H3. The highest BCUT2D eigenvalue weighted by Gasteiger charge is 2.65. The Kier molecular flexibility index (Phi) is 6.44. The molecular weight excluding hydrogens is 462 g/mol. The number of aliphatic hydroxyl groups is 1. The van der Waals surface area contributed by atoms with Crippen molar-refractivity contribution in [2.45, 2.75) is 32.2 Å². The molecule has 190 valence electrons. The SMILES string of the molecule is CCCCN1C(=O)C2(C(C(=O)c3ccc(C)o3)=C(O)C(=O)N2CCN2CCOCC2)c2ccccc21. The van der Waals surface area contributed by atoms with Gasteiger partial charge in [-0.1, -0.05) is 31.5 Å². The topological polar surface area (TPSA) is 104 Å². The number of Topliss-reactive ketones (excluding diaryl/α,β-unsaturated/α-hetero) is 1. The summed E-state index contributed by atoms with van der Waals surface area (Å²) < 4.78 is 11.0. The van der Waals surface area contributed by atoms with Crippen LogP contribution in [-0.4, -0.2) is 78.4 Å². The molecule has 1 saturated heterocycles. The number of carbonyl (C=O) groups is 3. The molecular formula is C27H31N3O6. The number of hydrogen-bond donors (Lipinski definition) is 1. The minimum absolute atomic E-state index is 0.0199. The monoisotopic (exact) mass is 493 g/mol. The molecule has 3 aliphatic heterocycles. The van der Waals surface area contributed by atoms with Crippen molar-refractivity contribution in [2.75, 3.05) is 50.8 Å². The van der Waals surface area contributed by atoms with E-state index in [0.717, 1.165) is 12.8 Å². The molecule has 36 heavy (non-hydrogen) atoms. The Morgan fingerprint density at radius 3 is 2.50 bits per heavy atom. The Balaban J connectivity index is 1.65. The molecule has 0 radical (unpaired) electrons. The van der Waals surface area contributed by atoms with E-state index >= 15 is 0 Å². The lowest BCUT2D eigenvalue weighted by Crippen LogP contribution is -2.56. The summed E-state index contributed by atoms with van der Waals surface area (Å²) in [6.07, 6.45) is 1.63. The Labute approximate surface area is 209 Å². The fraction of sp³-hybridized carbons (Fsp3) is 0.444. The van der Waals surface area contributed by atoms with Gasteiger partial charge in [-0.05, 0) is 31.5 Å². The summed E-state index contributed by atoms with van der Waals surface area (Å²) in [6, 6.07) is 10.4. The number of benzene rings is 1. The quantitative estimate of drug-likeness (QED) is 0.564. The van der Waals surface area contributed by atoms with Crippen molar-refractivity contribution in [1.29, 1.82) is 0 Å². The molecule has 1 aromatic heterocycles. The maximum atomic E-state index is 14.4. The van der Waals surface area contributed by atoms with Crippen LogP contribution >= 0.6 is 0 Å². The van der Waals surface area contributed by atoms with Crippen molar-refractivity contribution in [3.63, 3.8) is 0 Å². The number of morpholine rings is 1. The van der Waals surface area contributed by atoms with E-state index in [1.807, 2.05) is 19.1 Å². The van der Waals surface area contributed by atoms with Gasteiger partial charge in [-0.25, -0.2) is 0 Å². The molecule has 0 bridgehead atoms. The Morgan fingerprint density at radius 1 is 1.06 bits per heavy atom. The number of rotatable bonds is 8. The van der Waals surface area contributed by atoms with Crippen LogP contribution in [-0.2, 0) is 19.9 Å². The average molecular weight is 494 g/mol. The van der Waals surface area contributed by atoms with Gasteiger partial charge in [0.15, 0.2) is 17.1 Å². The van der Waals surface area contributed by atoms with Gasteiger partial charge in [0.05, 0.1) is 24.5 Å². The summed E-state index contributed by atoms with van der Waals surface area (Å²) in [5.74, 6) is -1.99. The lowest BCUT2D eigenvalue weighted by Gasteiger charge is -2.37. The number of ether oxygens (including phenoxy) is 1. The number of hydrogen-bond acceptors (Lipinski definition) is 7. The van der Waals surface area contributed by atoms with E-state index in [2.05, 4.69) is 4.90 Å². The van der Waals surface area contributed by atoms with Gasteiger partial charge in [0, 0.05) is 38.3 Å². The van der Waals surface area contributed by atoms with E-state index in [9.17, 15) is 19.5 Å². The van der Waals surface area contributed by atoms with Crippen molar-refractivity contribution < 1.29 is 28.6 Å². The van der Waals surface area contributed by atoms with Crippen molar-refractivity contribution >= 4 is 23.3 Å². The molecule has 1 atom stereocenters. The molecule has 5 rings (SSSR count). The molecule has 1 N–H and O–H groups in total. The second-order valence-electron chi connectivity index (χ2n) is 9.41. The minimum Gasteiger partial charge on any atom is -0.503 e. The number of anilines is 1. The van der Waals surface area contributed by atoms with E-state index in [1.54, 1.807) is 30.0 Å². The van der Waals surface area contributed by atoms with Crippen molar-refractivity contribution in [3.05, 3.63) is 64.8 Å². The predicted octanol–water partition coefficient (Wildman–Crippen LogP) is 2.80. The molecule has 1 aromatic carbocycles. The number of para-hydroxylation sites is 1. The fourth-order valence-electron chi connectivity index (χ4n) is 5.46. The Bertz CT molecular complexity index is 1230. The van der Waals surface area contributed by atoms with Gasteiger partial charge in [0.25, 0.3) is 11.8 Å². The van der Waals surface area contributed by atoms with E-state index in [1.165, 1.54) is 11.0 Å². The first kappa shape index (κ1) is 24.3. The molecule has 2 aromatic rings. The van der Waals surface area contributed by atoms with Gasteiger partial charge in [-0.2, -0.15) is 0 Å². The van der Waals surface area contributed by atoms with Crippen LogP contribution in [0.5, 0.6) is 0 Å². The normalized spacial score (nSPS) is 22.3. The molecule has 9 nitrogen and oxygen atoms in total. The van der Waals surface area contributed by atoms with Gasteiger partial charge in [-0.3, -0.25) is 19.3 Å². The van der Waals surface area contributed by atoms with Crippen molar-refractivity contribution in [1.82, 2.24) is 9.80 Å². The molecule has 1 spiro atoms. The van der Waals surface area contributed by atoms with Crippen LogP contribution in [0.15, 0.2) is 52.1 Å². The molecule has 0 saturated carbocycles. The number of unbranched alkanes of at least 4 members (excludes halogenated alkanes) is 1. The summed E-state index contributed by atoms with van der Waals surface area (Å²) in [5, 5.41) is 11.2. The smallest absolute Gasteiger partial charge is 0.290 e. The summed E-state index contributed by atoms with van der Waals surface area (Å²) in [5.41, 5.74) is -0.816. The third-order valence-corrected chi connectivity index (χ3v) is 7.26. The number of nitrogens with zero attached hydrogens (tertiary/aromatic N) is 3. The van der Waals surface area contributed by atoms with Gasteiger partial charge >= 0.3 is 0 Å². The van der Waals surface area contributed by atoms with Gasteiger partial charge < -0.3 is 24.1 Å². The number of amides is 2. The van der Waals surface area contributed by atoms with Crippen LogP contribution in [0.25, 0.3) is 0 Å². The number of aryl methyl sites for hydroxylation is 1. The maximum absolute atomic E-state index is 14.4. The minimum atomic E-state index is -1.75. The number of carbonyl (C=O) groups excluding carboxylic acids is 3. The molecule has 9 heteroatoms. The largest absolute Gasteiger partial charge is 0.503 e. The highest BCUT2D eigenvalue weighted by Crippen LogP contribution is 2.53. The Hall–Kier alpha value is -3.43. The second-order valence-corrected chi connectivity index (χ2v) is 9.41. The summed E-state index contributed by atoms with van der Waals surface area (Å²) in [6.45, 7) is 7.44. The van der Waals surface area contributed by atoms with Crippen molar-refractivity contribution in [2.24, 2.45) is 0 Å². The third kappa shape index (κ3) is 3.65. The van der Waals surface area contributed by atoms with Crippen molar-refractivity contribution in [3.8, 4) is 0 Å². The van der Waals surface area contributed by atoms with E-state index in [-0.39, 0.29) is 17.9 Å². The van der Waals surface area contributed by atoms with Gasteiger partial charge in [-0.15, -0.1) is 0 Å². The van der Waals surface area contributed by atoms with Crippen LogP contribution in [0.2, 0.25) is 0 Å². The lowest BCUT2D eigenvalue weighted by atomic mass is 9.81. The number of furan rings is 1. The fourth-order valence-corrected chi connectivity index (χ4v) is 5.46. The van der Waals surface area contributed by atoms with Crippen LogP contribution in [0.1, 0.15) is 41.6 Å². The molecule has 2 amide bonds. The number of ketones is 1. The number of fused-ring (bicyclic) bond motifs is 2. The van der Waals surface area contributed by atoms with Crippen LogP contribution in [0, 0.1) is 6.92 Å². The van der Waals surface area contributed by atoms with E-state index in [0.29, 0.717) is 56.4 Å². The third-order valence-electron chi connectivity index (χ3n) is 7.26. The zero-order valence-electron chi connectivity index (χ0n) is 20.7. The maximum Gasteiger partial charge on any atom is 0.290 e. The number of aliphatic hydroxyl groups excluding tert-OH is 1. The highest BCUT2D eigenvalue weighted by molar-refractivity contribution is 6.25. The van der Waals surface area contributed by atoms with Crippen LogP contribution in [0.4, 0.5) is 5.69 Å². The van der Waals surface area contributed by atoms with Gasteiger partial charge in [0.2, 0.25) is 5.78 Å². The first-order valence-corrected chi connectivity index (χ1v) is 12.5. The lowest BCUT2D eigenvalue weighted by molar-refractivity contribution is -0.140. The predicted molar refractivity (Wildman–Crippen MR) is 132 cm³/mol.